The zero-order chi connectivity index (χ0) is 25.7. The molecule has 1 unspecified atom stereocenters. The van der Waals surface area contributed by atoms with Crippen LogP contribution in [0.2, 0.25) is 0 Å². The Morgan fingerprint density at radius 2 is 1.59 bits per heavy atom. The summed E-state index contributed by atoms with van der Waals surface area (Å²) in [6.07, 6.45) is 2.93. The first-order valence-corrected chi connectivity index (χ1v) is 13.2. The molecule has 0 saturated heterocycles. The number of halogens is 1. The third kappa shape index (κ3) is 6.29. The van der Waals surface area contributed by atoms with Crippen molar-refractivity contribution in [3.63, 3.8) is 0 Å². The van der Waals surface area contributed by atoms with E-state index in [1.807, 2.05) is 25.1 Å². The number of hydroxylamine groups is 1. The van der Waals surface area contributed by atoms with E-state index in [-0.39, 0.29) is 27.3 Å². The number of nitrogens with zero attached hydrogens (tertiary/aromatic N) is 1. The summed E-state index contributed by atoms with van der Waals surface area (Å²) in [5.74, 6) is 0.368. The molecule has 0 aliphatic rings. The van der Waals surface area contributed by atoms with Gasteiger partial charge in [-0.25, -0.2) is 0 Å². The first kappa shape index (κ1) is 28.1. The molecule has 2 aromatic rings. The molecule has 0 spiro atoms. The Morgan fingerprint density at radius 3 is 2.15 bits per heavy atom. The van der Waals surface area contributed by atoms with Crippen LogP contribution >= 0.6 is 15.9 Å². The Kier molecular flexibility index (Phi) is 9.53. The van der Waals surface area contributed by atoms with E-state index >= 15 is 0 Å². The smallest absolute Gasteiger partial charge is 0.259 e. The van der Waals surface area contributed by atoms with Crippen molar-refractivity contribution in [2.75, 3.05) is 5.06 Å². The molecule has 34 heavy (non-hydrogen) atoms. The fourth-order valence-corrected chi connectivity index (χ4v) is 3.92. The quantitative estimate of drug-likeness (QED) is 0.167. The Balaban J connectivity index is 2.68. The van der Waals surface area contributed by atoms with Crippen LogP contribution in [0.15, 0.2) is 42.5 Å². The summed E-state index contributed by atoms with van der Waals surface area (Å²) in [5.41, 5.74) is 3.09. The Morgan fingerprint density at radius 1 is 0.971 bits per heavy atom. The van der Waals surface area contributed by atoms with Crippen LogP contribution < -0.4 is 9.90 Å². The maximum absolute atomic E-state index is 13.3. The van der Waals surface area contributed by atoms with E-state index in [1.54, 1.807) is 19.1 Å². The first-order chi connectivity index (χ1) is 15.9. The second-order valence-corrected chi connectivity index (χ2v) is 11.6. The minimum Gasteiger partial charge on any atom is -0.372 e. The molecule has 0 bridgehead atoms. The predicted octanol–water partition coefficient (Wildman–Crippen LogP) is 8.16. The zero-order valence-electron chi connectivity index (χ0n) is 22.0. The highest BCUT2D eigenvalue weighted by Gasteiger charge is 2.30. The van der Waals surface area contributed by atoms with Gasteiger partial charge in [-0.1, -0.05) is 88.7 Å². The molecule has 1 atom stereocenters. The minimum atomic E-state index is -0.373. The molecule has 2 aromatic carbocycles. The van der Waals surface area contributed by atoms with E-state index in [2.05, 4.69) is 69.6 Å². The first-order valence-electron chi connectivity index (χ1n) is 12.3. The van der Waals surface area contributed by atoms with Crippen LogP contribution in [-0.4, -0.2) is 16.5 Å². The summed E-state index contributed by atoms with van der Waals surface area (Å²) in [5, 5.41) is 1.32. The zero-order valence-corrected chi connectivity index (χ0v) is 23.6. The molecule has 2 rings (SSSR count). The molecule has 0 aliphatic carbocycles. The lowest BCUT2D eigenvalue weighted by Gasteiger charge is -2.32. The molecule has 0 fully saturated rings. The molecular formula is C29H40BrNO3. The maximum Gasteiger partial charge on any atom is 0.259 e. The molecule has 0 aliphatic heterocycles. The molecule has 1 amide bonds. The molecule has 186 valence electrons. The summed E-state index contributed by atoms with van der Waals surface area (Å²) in [7, 11) is 0. The fraction of sp³-hybridized carbons (Fsp3) is 0.517. The summed E-state index contributed by atoms with van der Waals surface area (Å²) >= 11 is 3.38. The average Bonchev–Trinajstić information content (AvgIpc) is 2.82. The summed E-state index contributed by atoms with van der Waals surface area (Å²) < 4.78 is 0. The number of hydrogen-bond acceptors (Lipinski definition) is 3. The number of amides is 1. The van der Waals surface area contributed by atoms with Gasteiger partial charge >= 0.3 is 0 Å². The second-order valence-electron chi connectivity index (χ2n) is 10.2. The lowest BCUT2D eigenvalue weighted by Crippen LogP contribution is -2.36. The second kappa shape index (κ2) is 11.5. The van der Waals surface area contributed by atoms with Crippen LogP contribution in [-0.2, 0) is 15.6 Å². The van der Waals surface area contributed by atoms with Gasteiger partial charge in [0.1, 0.15) is 0 Å². The monoisotopic (exact) mass is 529 g/mol. The van der Waals surface area contributed by atoms with Crippen LogP contribution in [0.25, 0.3) is 0 Å². The fourth-order valence-electron chi connectivity index (χ4n) is 3.68. The van der Waals surface area contributed by atoms with Gasteiger partial charge in [0, 0.05) is 17.5 Å². The van der Waals surface area contributed by atoms with Crippen molar-refractivity contribution >= 4 is 33.3 Å². The highest BCUT2D eigenvalue weighted by Crippen LogP contribution is 2.39. The summed E-state index contributed by atoms with van der Waals surface area (Å²) in [4.78, 5) is 32.2. The van der Waals surface area contributed by atoms with Crippen molar-refractivity contribution in [2.24, 2.45) is 0 Å². The number of Topliss-reactive ketones (excluding diaryl/α,β-unsaturated/α-hetero) is 1. The van der Waals surface area contributed by atoms with Crippen LogP contribution in [0, 0.1) is 0 Å². The van der Waals surface area contributed by atoms with Gasteiger partial charge in [0.25, 0.3) is 5.91 Å². The van der Waals surface area contributed by atoms with Gasteiger partial charge < -0.3 is 4.84 Å². The van der Waals surface area contributed by atoms with E-state index in [0.717, 1.165) is 18.4 Å². The number of carbonyl (C=O) groups excluding carboxylic acids is 2. The standard InChI is InChI=1S/C29H40BrNO3/c1-9-14-26(32)31(24-16-13-12-15-22(24)27(33)20(4)30)34-25-18-17-21(28(5,6)10-2)19-23(25)29(7,8)11-3/h12-13,15-20H,9-11,14H2,1-8H3. The Labute approximate surface area is 214 Å². The maximum atomic E-state index is 13.3. The molecule has 0 heterocycles. The topological polar surface area (TPSA) is 46.6 Å². The van der Waals surface area contributed by atoms with Crippen molar-refractivity contribution in [2.45, 2.75) is 96.7 Å². The number of rotatable bonds is 11. The van der Waals surface area contributed by atoms with Gasteiger partial charge in [0.15, 0.2) is 11.5 Å². The van der Waals surface area contributed by atoms with E-state index in [4.69, 9.17) is 4.84 Å². The van der Waals surface area contributed by atoms with Crippen molar-refractivity contribution in [1.82, 2.24) is 0 Å². The minimum absolute atomic E-state index is 0.0276. The molecular weight excluding hydrogens is 490 g/mol. The number of para-hydroxylation sites is 1. The third-order valence-corrected chi connectivity index (χ3v) is 7.30. The van der Waals surface area contributed by atoms with Gasteiger partial charge in [-0.2, -0.15) is 0 Å². The average molecular weight is 531 g/mol. The largest absolute Gasteiger partial charge is 0.372 e. The number of benzene rings is 2. The normalized spacial score (nSPS) is 12.9. The molecule has 0 radical (unpaired) electrons. The summed E-state index contributed by atoms with van der Waals surface area (Å²) in [6, 6.07) is 13.4. The predicted molar refractivity (Wildman–Crippen MR) is 145 cm³/mol. The van der Waals surface area contributed by atoms with Crippen LogP contribution in [0.3, 0.4) is 0 Å². The lowest BCUT2D eigenvalue weighted by atomic mass is 9.76. The van der Waals surface area contributed by atoms with Gasteiger partial charge in [-0.15, -0.1) is 5.06 Å². The van der Waals surface area contributed by atoms with Crippen molar-refractivity contribution < 1.29 is 14.4 Å². The van der Waals surface area contributed by atoms with Gasteiger partial charge in [-0.05, 0) is 60.8 Å². The van der Waals surface area contributed by atoms with Gasteiger partial charge in [-0.3, -0.25) is 9.59 Å². The van der Waals surface area contributed by atoms with E-state index < -0.39 is 0 Å². The van der Waals surface area contributed by atoms with Crippen LogP contribution in [0.5, 0.6) is 5.75 Å². The lowest BCUT2D eigenvalue weighted by molar-refractivity contribution is -0.122. The highest BCUT2D eigenvalue weighted by molar-refractivity contribution is 9.10. The number of carbonyl (C=O) groups is 2. The van der Waals surface area contributed by atoms with Gasteiger partial charge in [0.2, 0.25) is 0 Å². The van der Waals surface area contributed by atoms with Crippen molar-refractivity contribution in [1.29, 1.82) is 0 Å². The number of ketones is 1. The van der Waals surface area contributed by atoms with Crippen LogP contribution in [0.4, 0.5) is 5.69 Å². The molecule has 0 saturated carbocycles. The summed E-state index contributed by atoms with van der Waals surface area (Å²) in [6.45, 7) is 17.0. The molecule has 0 N–H and O–H groups in total. The van der Waals surface area contributed by atoms with Crippen molar-refractivity contribution in [3.8, 4) is 5.75 Å². The van der Waals surface area contributed by atoms with Gasteiger partial charge in [0.05, 0.1) is 10.5 Å². The number of hydrogen-bond donors (Lipinski definition) is 0. The Hall–Kier alpha value is -2.14. The Bertz CT molecular complexity index is 1010. The molecule has 4 nitrogen and oxygen atoms in total. The number of anilines is 1. The number of alkyl halides is 1. The van der Waals surface area contributed by atoms with E-state index in [0.29, 0.717) is 29.8 Å². The molecule has 0 aromatic heterocycles. The molecule has 5 heteroatoms. The van der Waals surface area contributed by atoms with Crippen LogP contribution in [0.1, 0.15) is 103 Å². The third-order valence-electron chi connectivity index (χ3n) is 6.89. The van der Waals surface area contributed by atoms with Crippen molar-refractivity contribution in [3.05, 3.63) is 59.2 Å². The highest BCUT2D eigenvalue weighted by atomic mass is 79.9. The van der Waals surface area contributed by atoms with E-state index in [9.17, 15) is 9.59 Å². The van der Waals surface area contributed by atoms with E-state index in [1.165, 1.54) is 10.6 Å². The SMILES string of the molecule is CCCC(=O)N(Oc1ccc(C(C)(C)CC)cc1C(C)(C)CC)c1ccccc1C(=O)C(C)Br.